The molecule has 0 bridgehead atoms. The van der Waals surface area contributed by atoms with E-state index < -0.39 is 17.6 Å². The largest absolute Gasteiger partial charge is 0.480 e. The number of aliphatic carboxylic acids is 1. The maximum Gasteiger partial charge on any atom is 0.322 e. The zero-order valence-corrected chi connectivity index (χ0v) is 13.3. The Balaban J connectivity index is 1.97. The first-order valence-electron chi connectivity index (χ1n) is 7.48. The molecule has 2 heterocycles. The van der Waals surface area contributed by atoms with E-state index in [4.69, 9.17) is 5.11 Å². The fourth-order valence-electron chi connectivity index (χ4n) is 2.14. The molecule has 3 rings (SSSR count). The van der Waals surface area contributed by atoms with Crippen LogP contribution in [0.2, 0.25) is 0 Å². The van der Waals surface area contributed by atoms with Crippen LogP contribution in [-0.4, -0.2) is 32.6 Å². The second-order valence-corrected chi connectivity index (χ2v) is 5.19. The third-order valence-electron chi connectivity index (χ3n) is 3.29. The van der Waals surface area contributed by atoms with Gasteiger partial charge in [-0.2, -0.15) is 4.98 Å². The fraction of sp³-hybridized carbons (Fsp3) is 0.0588. The first-order chi connectivity index (χ1) is 12.5. The van der Waals surface area contributed by atoms with Gasteiger partial charge in [0.05, 0.1) is 11.4 Å². The van der Waals surface area contributed by atoms with Gasteiger partial charge in [-0.3, -0.25) is 9.78 Å². The van der Waals surface area contributed by atoms with E-state index in [1.807, 2.05) is 0 Å². The number of carboxylic acid groups (broad SMARTS) is 1. The average molecular weight is 357 g/mol. The molecule has 7 nitrogen and oxygen atoms in total. The first kappa shape index (κ1) is 17.2. The van der Waals surface area contributed by atoms with Crippen molar-refractivity contribution in [1.82, 2.24) is 15.0 Å². The lowest BCUT2D eigenvalue weighted by atomic mass is 10.2. The molecule has 26 heavy (non-hydrogen) atoms. The number of benzene rings is 1. The summed E-state index contributed by atoms with van der Waals surface area (Å²) in [5.74, 6) is -2.30. The number of carboxylic acids is 1. The molecule has 0 aliphatic heterocycles. The van der Waals surface area contributed by atoms with Gasteiger partial charge in [-0.25, -0.2) is 13.8 Å². The molecule has 3 N–H and O–H groups in total. The Morgan fingerprint density at radius 1 is 1.08 bits per heavy atom. The molecule has 9 heteroatoms. The van der Waals surface area contributed by atoms with Gasteiger partial charge in [0.25, 0.3) is 0 Å². The van der Waals surface area contributed by atoms with Crippen molar-refractivity contribution < 1.29 is 18.7 Å². The van der Waals surface area contributed by atoms with E-state index in [1.165, 1.54) is 6.07 Å². The number of nitrogens with zero attached hydrogens (tertiary/aromatic N) is 3. The smallest absolute Gasteiger partial charge is 0.322 e. The minimum Gasteiger partial charge on any atom is -0.480 e. The summed E-state index contributed by atoms with van der Waals surface area (Å²) < 4.78 is 26.9. The molecule has 0 amide bonds. The molecule has 3 aromatic rings. The summed E-state index contributed by atoms with van der Waals surface area (Å²) in [4.78, 5) is 23.0. The van der Waals surface area contributed by atoms with Crippen LogP contribution in [-0.2, 0) is 4.79 Å². The number of hydrogen-bond acceptors (Lipinski definition) is 6. The zero-order valence-electron chi connectivity index (χ0n) is 13.3. The Kier molecular flexibility index (Phi) is 4.97. The summed E-state index contributed by atoms with van der Waals surface area (Å²) in [7, 11) is 0. The normalized spacial score (nSPS) is 10.4. The highest BCUT2D eigenvalue weighted by Gasteiger charge is 2.10. The molecule has 2 aromatic heterocycles. The molecule has 0 aliphatic carbocycles. The van der Waals surface area contributed by atoms with Crippen LogP contribution in [0.4, 0.5) is 26.2 Å². The van der Waals surface area contributed by atoms with Crippen LogP contribution in [0.5, 0.6) is 0 Å². The van der Waals surface area contributed by atoms with Crippen molar-refractivity contribution in [3.63, 3.8) is 0 Å². The molecule has 0 spiro atoms. The monoisotopic (exact) mass is 357 g/mol. The Bertz CT molecular complexity index is 938. The van der Waals surface area contributed by atoms with Crippen molar-refractivity contribution in [2.24, 2.45) is 0 Å². The van der Waals surface area contributed by atoms with Crippen LogP contribution >= 0.6 is 0 Å². The predicted octanol–water partition coefficient (Wildman–Crippen LogP) is 3.06. The fourth-order valence-corrected chi connectivity index (χ4v) is 2.14. The van der Waals surface area contributed by atoms with Crippen LogP contribution in [0.15, 0.2) is 48.8 Å². The molecule has 0 atom stereocenters. The zero-order chi connectivity index (χ0) is 18.5. The van der Waals surface area contributed by atoms with Gasteiger partial charge < -0.3 is 15.7 Å². The number of nitrogens with one attached hydrogen (secondary N) is 2. The summed E-state index contributed by atoms with van der Waals surface area (Å²) in [6.07, 6.45) is 3.16. The van der Waals surface area contributed by atoms with E-state index in [0.29, 0.717) is 11.3 Å². The van der Waals surface area contributed by atoms with Gasteiger partial charge in [0.1, 0.15) is 24.0 Å². The van der Waals surface area contributed by atoms with Crippen molar-refractivity contribution in [2.45, 2.75) is 0 Å². The van der Waals surface area contributed by atoms with E-state index in [0.717, 1.165) is 12.1 Å². The maximum absolute atomic E-state index is 13.9. The van der Waals surface area contributed by atoms with Crippen molar-refractivity contribution in [3.8, 4) is 11.3 Å². The SMILES string of the molecule is O=C(O)CNc1nc(Nc2ccc(F)cc2F)cc(-c2ccncc2)n1. The third kappa shape index (κ3) is 4.26. The Morgan fingerprint density at radius 2 is 1.85 bits per heavy atom. The van der Waals surface area contributed by atoms with Gasteiger partial charge in [-0.05, 0) is 24.3 Å². The average Bonchev–Trinajstić information content (AvgIpc) is 2.63. The Labute approximate surface area is 146 Å². The molecule has 0 aliphatic rings. The van der Waals surface area contributed by atoms with Crippen LogP contribution in [0.1, 0.15) is 0 Å². The van der Waals surface area contributed by atoms with Gasteiger partial charge in [0, 0.05) is 30.1 Å². The number of anilines is 3. The summed E-state index contributed by atoms with van der Waals surface area (Å²) in [5.41, 5.74) is 1.21. The number of carbonyl (C=O) groups is 1. The van der Waals surface area contributed by atoms with Crippen LogP contribution in [0.3, 0.4) is 0 Å². The highest BCUT2D eigenvalue weighted by Crippen LogP contribution is 2.24. The van der Waals surface area contributed by atoms with E-state index in [9.17, 15) is 13.6 Å². The summed E-state index contributed by atoms with van der Waals surface area (Å²) in [6, 6.07) is 8.08. The Hall–Kier alpha value is -3.62. The van der Waals surface area contributed by atoms with Crippen LogP contribution in [0, 0.1) is 11.6 Å². The van der Waals surface area contributed by atoms with Gasteiger partial charge in [0.2, 0.25) is 5.95 Å². The van der Waals surface area contributed by atoms with Gasteiger partial charge in [0.15, 0.2) is 0 Å². The van der Waals surface area contributed by atoms with E-state index in [2.05, 4.69) is 25.6 Å². The molecule has 132 valence electrons. The number of aromatic nitrogens is 3. The predicted molar refractivity (Wildman–Crippen MR) is 91.0 cm³/mol. The number of hydrogen-bond donors (Lipinski definition) is 3. The molecule has 1 aromatic carbocycles. The number of rotatable bonds is 6. The van der Waals surface area contributed by atoms with Gasteiger partial charge in [-0.15, -0.1) is 0 Å². The summed E-state index contributed by atoms with van der Waals surface area (Å²) >= 11 is 0. The van der Waals surface area contributed by atoms with Crippen LogP contribution in [0.25, 0.3) is 11.3 Å². The topological polar surface area (TPSA) is 100 Å². The second kappa shape index (κ2) is 7.51. The molecular formula is C17H13F2N5O2. The molecule has 0 fully saturated rings. The lowest BCUT2D eigenvalue weighted by Crippen LogP contribution is -2.15. The van der Waals surface area contributed by atoms with Crippen molar-refractivity contribution in [1.29, 1.82) is 0 Å². The second-order valence-electron chi connectivity index (χ2n) is 5.19. The standard InChI is InChI=1S/C17H13F2N5O2/c18-11-1-2-13(12(19)7-11)22-15-8-14(10-3-5-20-6-4-10)23-17(24-15)21-9-16(25)26/h1-8H,9H2,(H,25,26)(H2,21,22,23,24). The van der Waals surface area contributed by atoms with E-state index in [1.54, 1.807) is 30.6 Å². The quantitative estimate of drug-likeness (QED) is 0.623. The molecule has 0 saturated heterocycles. The van der Waals surface area contributed by atoms with Crippen molar-refractivity contribution >= 4 is 23.4 Å². The number of pyridine rings is 1. The molecule has 0 saturated carbocycles. The van der Waals surface area contributed by atoms with Gasteiger partial charge in [-0.1, -0.05) is 0 Å². The maximum atomic E-state index is 13.9. The summed E-state index contributed by atoms with van der Waals surface area (Å²) in [5, 5.41) is 14.1. The van der Waals surface area contributed by atoms with E-state index >= 15 is 0 Å². The van der Waals surface area contributed by atoms with Crippen molar-refractivity contribution in [3.05, 3.63) is 60.4 Å². The minimum absolute atomic E-state index is 0.0231. The molecular weight excluding hydrogens is 344 g/mol. The van der Waals surface area contributed by atoms with E-state index in [-0.39, 0.29) is 24.0 Å². The lowest BCUT2D eigenvalue weighted by Gasteiger charge is -2.11. The Morgan fingerprint density at radius 3 is 2.54 bits per heavy atom. The number of halogens is 2. The van der Waals surface area contributed by atoms with Crippen molar-refractivity contribution in [2.75, 3.05) is 17.2 Å². The lowest BCUT2D eigenvalue weighted by molar-refractivity contribution is -0.134. The minimum atomic E-state index is -1.08. The van der Waals surface area contributed by atoms with Gasteiger partial charge >= 0.3 is 5.97 Å². The highest BCUT2D eigenvalue weighted by atomic mass is 19.1. The first-order valence-corrected chi connectivity index (χ1v) is 7.48. The summed E-state index contributed by atoms with van der Waals surface area (Å²) in [6.45, 7) is -0.385. The molecule has 0 radical (unpaired) electrons. The molecule has 0 unspecified atom stereocenters. The highest BCUT2D eigenvalue weighted by molar-refractivity contribution is 5.73. The van der Waals surface area contributed by atoms with Crippen LogP contribution < -0.4 is 10.6 Å². The third-order valence-corrected chi connectivity index (χ3v) is 3.29.